The highest BCUT2D eigenvalue weighted by molar-refractivity contribution is 5.44. The maximum Gasteiger partial charge on any atom is 0.139 e. The zero-order valence-electron chi connectivity index (χ0n) is 10.9. The second-order valence-electron chi connectivity index (χ2n) is 5.27. The molecule has 2 aromatic heterocycles. The van der Waals surface area contributed by atoms with Crippen LogP contribution in [-0.4, -0.2) is 9.38 Å². The van der Waals surface area contributed by atoms with Gasteiger partial charge in [-0.05, 0) is 30.4 Å². The Labute approximate surface area is 101 Å². The van der Waals surface area contributed by atoms with Gasteiger partial charge >= 0.3 is 0 Å². The van der Waals surface area contributed by atoms with Crippen LogP contribution in [0.3, 0.4) is 0 Å². The first-order valence-electron chi connectivity index (χ1n) is 6.15. The summed E-state index contributed by atoms with van der Waals surface area (Å²) in [4.78, 5) is 4.61. The van der Waals surface area contributed by atoms with Crippen LogP contribution in [0.4, 0.5) is 4.39 Å². The molecular weight excluding hydrogens is 215 g/mol. The van der Waals surface area contributed by atoms with Gasteiger partial charge in [0.05, 0.1) is 5.69 Å². The molecule has 0 N–H and O–H groups in total. The molecule has 92 valence electrons. The van der Waals surface area contributed by atoms with Gasteiger partial charge in [0.1, 0.15) is 11.5 Å². The first-order valence-corrected chi connectivity index (χ1v) is 6.15. The van der Waals surface area contributed by atoms with E-state index >= 15 is 0 Å². The molecule has 17 heavy (non-hydrogen) atoms. The van der Waals surface area contributed by atoms with E-state index < -0.39 is 0 Å². The maximum atomic E-state index is 13.3. The van der Waals surface area contributed by atoms with Crippen molar-refractivity contribution in [1.82, 2.24) is 9.38 Å². The van der Waals surface area contributed by atoms with Crippen LogP contribution in [0.15, 0.2) is 18.3 Å². The fourth-order valence-corrected chi connectivity index (χ4v) is 2.23. The molecule has 2 aromatic rings. The molecule has 0 aliphatic heterocycles. The molecule has 2 nitrogen and oxygen atoms in total. The molecule has 0 bridgehead atoms. The minimum Gasteiger partial charge on any atom is -0.301 e. The van der Waals surface area contributed by atoms with Crippen molar-refractivity contribution in [3.63, 3.8) is 0 Å². The predicted octanol–water partition coefficient (Wildman–Crippen LogP) is 3.80. The van der Waals surface area contributed by atoms with E-state index in [-0.39, 0.29) is 5.82 Å². The number of pyridine rings is 1. The molecule has 0 saturated carbocycles. The number of nitrogens with zero attached hydrogens (tertiary/aromatic N) is 2. The summed E-state index contributed by atoms with van der Waals surface area (Å²) in [5.41, 5.74) is 3.07. The molecule has 0 saturated heterocycles. The van der Waals surface area contributed by atoms with Crippen LogP contribution >= 0.6 is 0 Å². The van der Waals surface area contributed by atoms with E-state index in [0.29, 0.717) is 11.8 Å². The summed E-state index contributed by atoms with van der Waals surface area (Å²) in [6.45, 7) is 8.60. The lowest BCUT2D eigenvalue weighted by Gasteiger charge is -2.09. The van der Waals surface area contributed by atoms with Crippen molar-refractivity contribution >= 4 is 5.65 Å². The standard InChI is InChI=1S/C14H19FN2/c1-9(2)7-12-14(10(3)4)17-8-11(15)5-6-13(17)16-12/h5-6,8-10H,7H2,1-4H3. The highest BCUT2D eigenvalue weighted by Crippen LogP contribution is 2.23. The molecule has 0 spiro atoms. The summed E-state index contributed by atoms with van der Waals surface area (Å²) >= 11 is 0. The fourth-order valence-electron chi connectivity index (χ4n) is 2.23. The van der Waals surface area contributed by atoms with Crippen molar-refractivity contribution in [3.05, 3.63) is 35.5 Å². The SMILES string of the molecule is CC(C)Cc1nc2ccc(F)cn2c1C(C)C. The van der Waals surface area contributed by atoms with E-state index in [1.807, 2.05) is 4.40 Å². The van der Waals surface area contributed by atoms with E-state index in [1.54, 1.807) is 6.07 Å². The van der Waals surface area contributed by atoms with Crippen LogP contribution in [0.2, 0.25) is 0 Å². The Morgan fingerprint density at radius 1 is 1.24 bits per heavy atom. The lowest BCUT2D eigenvalue weighted by molar-refractivity contribution is 0.612. The van der Waals surface area contributed by atoms with Crippen molar-refractivity contribution in [2.24, 2.45) is 5.92 Å². The van der Waals surface area contributed by atoms with Crippen LogP contribution < -0.4 is 0 Å². The molecule has 2 rings (SSSR count). The van der Waals surface area contributed by atoms with E-state index in [2.05, 4.69) is 32.7 Å². The Morgan fingerprint density at radius 2 is 1.94 bits per heavy atom. The van der Waals surface area contributed by atoms with E-state index in [4.69, 9.17) is 0 Å². The summed E-state index contributed by atoms with van der Waals surface area (Å²) in [6, 6.07) is 3.20. The normalized spacial score (nSPS) is 11.9. The Balaban J connectivity index is 2.63. The van der Waals surface area contributed by atoms with Crippen molar-refractivity contribution in [2.45, 2.75) is 40.0 Å². The summed E-state index contributed by atoms with van der Waals surface area (Å²) < 4.78 is 15.2. The number of hydrogen-bond donors (Lipinski definition) is 0. The first-order chi connectivity index (χ1) is 7.99. The summed E-state index contributed by atoms with van der Waals surface area (Å²) in [5.74, 6) is 0.690. The highest BCUT2D eigenvalue weighted by Gasteiger charge is 2.16. The van der Waals surface area contributed by atoms with Gasteiger partial charge in [-0.15, -0.1) is 0 Å². The molecule has 0 aliphatic rings. The summed E-state index contributed by atoms with van der Waals surface area (Å²) in [5, 5.41) is 0. The Bertz CT molecular complexity index is 526. The Morgan fingerprint density at radius 3 is 2.53 bits per heavy atom. The van der Waals surface area contributed by atoms with Gasteiger partial charge in [0.25, 0.3) is 0 Å². The zero-order valence-corrected chi connectivity index (χ0v) is 10.9. The third kappa shape index (κ3) is 2.33. The number of aromatic nitrogens is 2. The number of imidazole rings is 1. The third-order valence-corrected chi connectivity index (χ3v) is 2.84. The van der Waals surface area contributed by atoms with Crippen LogP contribution in [0, 0.1) is 11.7 Å². The maximum absolute atomic E-state index is 13.3. The zero-order chi connectivity index (χ0) is 12.6. The molecule has 3 heteroatoms. The van der Waals surface area contributed by atoms with Gasteiger partial charge in [-0.1, -0.05) is 27.7 Å². The predicted molar refractivity (Wildman–Crippen MR) is 67.8 cm³/mol. The second kappa shape index (κ2) is 4.47. The molecule has 0 atom stereocenters. The van der Waals surface area contributed by atoms with Crippen LogP contribution in [0.25, 0.3) is 5.65 Å². The molecule has 0 unspecified atom stereocenters. The van der Waals surface area contributed by atoms with Crippen molar-refractivity contribution in [3.8, 4) is 0 Å². The third-order valence-electron chi connectivity index (χ3n) is 2.84. The van der Waals surface area contributed by atoms with Gasteiger partial charge in [-0.3, -0.25) is 0 Å². The van der Waals surface area contributed by atoms with Gasteiger partial charge in [-0.25, -0.2) is 9.37 Å². The number of rotatable bonds is 3. The topological polar surface area (TPSA) is 17.3 Å². The average molecular weight is 234 g/mol. The van der Waals surface area contributed by atoms with Crippen LogP contribution in [0.1, 0.15) is 45.0 Å². The van der Waals surface area contributed by atoms with E-state index in [0.717, 1.165) is 23.5 Å². The molecule has 2 heterocycles. The molecule has 0 radical (unpaired) electrons. The summed E-state index contributed by atoms with van der Waals surface area (Å²) in [7, 11) is 0. The lowest BCUT2D eigenvalue weighted by atomic mass is 10.0. The fraction of sp³-hybridized carbons (Fsp3) is 0.500. The monoisotopic (exact) mass is 234 g/mol. The summed E-state index contributed by atoms with van der Waals surface area (Å²) in [6.07, 6.45) is 2.47. The van der Waals surface area contributed by atoms with Gasteiger partial charge < -0.3 is 4.40 Å². The largest absolute Gasteiger partial charge is 0.301 e. The quantitative estimate of drug-likeness (QED) is 0.789. The number of halogens is 1. The van der Waals surface area contributed by atoms with Crippen LogP contribution in [-0.2, 0) is 6.42 Å². The molecular formula is C14H19FN2. The van der Waals surface area contributed by atoms with Gasteiger partial charge in [0.2, 0.25) is 0 Å². The Kier molecular flexibility index (Phi) is 3.18. The van der Waals surface area contributed by atoms with Gasteiger partial charge in [0, 0.05) is 11.9 Å². The second-order valence-corrected chi connectivity index (χ2v) is 5.27. The Hall–Kier alpha value is -1.38. The van der Waals surface area contributed by atoms with Gasteiger partial charge in [-0.2, -0.15) is 0 Å². The van der Waals surface area contributed by atoms with Crippen molar-refractivity contribution in [2.75, 3.05) is 0 Å². The molecule has 0 amide bonds. The van der Waals surface area contributed by atoms with Crippen LogP contribution in [0.5, 0.6) is 0 Å². The van der Waals surface area contributed by atoms with Crippen molar-refractivity contribution < 1.29 is 4.39 Å². The highest BCUT2D eigenvalue weighted by atomic mass is 19.1. The number of hydrogen-bond acceptors (Lipinski definition) is 1. The smallest absolute Gasteiger partial charge is 0.139 e. The number of fused-ring (bicyclic) bond motifs is 1. The van der Waals surface area contributed by atoms with Gasteiger partial charge in [0.15, 0.2) is 0 Å². The molecule has 0 aromatic carbocycles. The van der Waals surface area contributed by atoms with E-state index in [9.17, 15) is 4.39 Å². The minimum atomic E-state index is -0.215. The molecule has 0 aliphatic carbocycles. The van der Waals surface area contributed by atoms with E-state index in [1.165, 1.54) is 12.3 Å². The van der Waals surface area contributed by atoms with Crippen molar-refractivity contribution in [1.29, 1.82) is 0 Å². The minimum absolute atomic E-state index is 0.215. The molecule has 0 fully saturated rings. The first kappa shape index (κ1) is 12.1. The average Bonchev–Trinajstić information content (AvgIpc) is 2.53. The lowest BCUT2D eigenvalue weighted by Crippen LogP contribution is -2.02.